The van der Waals surface area contributed by atoms with Gasteiger partial charge in [0.25, 0.3) is 0 Å². The molecule has 7 heteroatoms. The predicted molar refractivity (Wildman–Crippen MR) is 131 cm³/mol. The number of allylic oxidation sites excluding steroid dienone is 1. The van der Waals surface area contributed by atoms with E-state index in [2.05, 4.69) is 16.3 Å². The fourth-order valence-electron chi connectivity index (χ4n) is 4.39. The lowest BCUT2D eigenvalue weighted by Gasteiger charge is -2.31. The van der Waals surface area contributed by atoms with Crippen LogP contribution in [-0.4, -0.2) is 21.3 Å². The number of aliphatic carboxylic acids is 1. The second kappa shape index (κ2) is 9.08. The standard InChI is InChI=1S/C27H20FN3O2S/c28-27-21-12-19(9-10-23(21)30-31-27)25(18-7-4-16(5-8-18)6-11-24(32)33)26(17-2-1-3-17)22-15-34-14-20(22)13-29/h4-12,14-15,17H,1-3H2,(H,30,31)(H,32,33)/b11-6+,26-25+. The number of carboxylic acids is 1. The molecule has 1 saturated carbocycles. The van der Waals surface area contributed by atoms with E-state index in [1.165, 1.54) is 11.3 Å². The van der Waals surface area contributed by atoms with E-state index in [4.69, 9.17) is 5.11 Å². The van der Waals surface area contributed by atoms with Crippen molar-refractivity contribution in [3.05, 3.63) is 93.1 Å². The lowest BCUT2D eigenvalue weighted by atomic mass is 9.73. The molecule has 5 rings (SSSR count). The number of hydrogen-bond donors (Lipinski definition) is 2. The maximum atomic E-state index is 14.4. The number of fused-ring (bicyclic) bond motifs is 1. The van der Waals surface area contributed by atoms with E-state index in [9.17, 15) is 14.4 Å². The summed E-state index contributed by atoms with van der Waals surface area (Å²) in [4.78, 5) is 10.9. The first-order valence-corrected chi connectivity index (χ1v) is 11.9. The average Bonchev–Trinajstić information content (AvgIpc) is 3.43. The van der Waals surface area contributed by atoms with Crippen molar-refractivity contribution in [3.8, 4) is 6.07 Å². The molecule has 0 radical (unpaired) electrons. The highest BCUT2D eigenvalue weighted by Crippen LogP contribution is 2.46. The van der Waals surface area contributed by atoms with Crippen LogP contribution in [0.25, 0.3) is 28.1 Å². The van der Waals surface area contributed by atoms with Gasteiger partial charge in [-0.3, -0.25) is 5.10 Å². The van der Waals surface area contributed by atoms with Crippen molar-refractivity contribution in [2.45, 2.75) is 19.3 Å². The van der Waals surface area contributed by atoms with Crippen LogP contribution in [0.2, 0.25) is 0 Å². The van der Waals surface area contributed by atoms with Gasteiger partial charge < -0.3 is 5.11 Å². The number of nitrogens with one attached hydrogen (secondary N) is 1. The summed E-state index contributed by atoms with van der Waals surface area (Å²) >= 11 is 1.50. The van der Waals surface area contributed by atoms with E-state index in [0.29, 0.717) is 22.4 Å². The minimum absolute atomic E-state index is 0.299. The maximum Gasteiger partial charge on any atom is 0.328 e. The van der Waals surface area contributed by atoms with E-state index in [1.54, 1.807) is 18.2 Å². The number of benzene rings is 2. The summed E-state index contributed by atoms with van der Waals surface area (Å²) in [6.45, 7) is 0. The molecule has 2 N–H and O–H groups in total. The topological polar surface area (TPSA) is 89.8 Å². The first kappa shape index (κ1) is 21.8. The summed E-state index contributed by atoms with van der Waals surface area (Å²) in [7, 11) is 0. The van der Waals surface area contributed by atoms with Crippen LogP contribution in [0.4, 0.5) is 4.39 Å². The van der Waals surface area contributed by atoms with Gasteiger partial charge in [0.1, 0.15) is 6.07 Å². The summed E-state index contributed by atoms with van der Waals surface area (Å²) in [6, 6.07) is 15.5. The minimum atomic E-state index is -1.01. The number of H-pyrrole nitrogens is 1. The molecule has 0 aliphatic heterocycles. The fraction of sp³-hybridized carbons (Fsp3) is 0.148. The van der Waals surface area contributed by atoms with Crippen LogP contribution in [0, 0.1) is 23.2 Å². The van der Waals surface area contributed by atoms with E-state index in [1.807, 2.05) is 41.1 Å². The molecule has 0 amide bonds. The van der Waals surface area contributed by atoms with Crippen LogP contribution in [0.3, 0.4) is 0 Å². The predicted octanol–water partition coefficient (Wildman–Crippen LogP) is 6.49. The molecule has 0 bridgehead atoms. The summed E-state index contributed by atoms with van der Waals surface area (Å²) in [5, 5.41) is 29.4. The van der Waals surface area contributed by atoms with Crippen LogP contribution in [0.1, 0.15) is 47.1 Å². The highest BCUT2D eigenvalue weighted by atomic mass is 32.1. The highest BCUT2D eigenvalue weighted by Gasteiger charge is 2.29. The number of halogens is 1. The number of aromatic nitrogens is 2. The Morgan fingerprint density at radius 3 is 2.62 bits per heavy atom. The Morgan fingerprint density at radius 1 is 1.18 bits per heavy atom. The van der Waals surface area contributed by atoms with Crippen LogP contribution < -0.4 is 0 Å². The van der Waals surface area contributed by atoms with Crippen molar-refractivity contribution in [1.29, 1.82) is 5.26 Å². The average molecular weight is 470 g/mol. The normalized spacial score (nSPS) is 14.7. The zero-order valence-electron chi connectivity index (χ0n) is 18.1. The van der Waals surface area contributed by atoms with E-state index in [0.717, 1.165) is 58.7 Å². The molecule has 4 aromatic rings. The number of nitrogens with zero attached hydrogens (tertiary/aromatic N) is 2. The van der Waals surface area contributed by atoms with Crippen LogP contribution in [0.15, 0.2) is 59.3 Å². The number of aromatic amines is 1. The Labute approximate surface area is 199 Å². The van der Waals surface area contributed by atoms with Crippen molar-refractivity contribution in [3.63, 3.8) is 0 Å². The van der Waals surface area contributed by atoms with Crippen molar-refractivity contribution >= 4 is 45.4 Å². The molecule has 5 nitrogen and oxygen atoms in total. The second-order valence-electron chi connectivity index (χ2n) is 8.29. The molecular formula is C27H20FN3O2S. The smallest absolute Gasteiger partial charge is 0.328 e. The third-order valence-electron chi connectivity index (χ3n) is 6.27. The molecular weight excluding hydrogens is 449 g/mol. The Hall–Kier alpha value is -4.02. The molecule has 2 aromatic heterocycles. The van der Waals surface area contributed by atoms with Crippen molar-refractivity contribution in [1.82, 2.24) is 10.2 Å². The number of hydrogen-bond acceptors (Lipinski definition) is 4. The molecule has 0 unspecified atom stereocenters. The molecule has 2 aromatic carbocycles. The Bertz CT molecular complexity index is 1480. The monoisotopic (exact) mass is 469 g/mol. The zero-order valence-corrected chi connectivity index (χ0v) is 18.9. The summed E-state index contributed by atoms with van der Waals surface area (Å²) in [5.41, 5.74) is 6.70. The molecule has 1 fully saturated rings. The Balaban J connectivity index is 1.76. The van der Waals surface area contributed by atoms with Crippen molar-refractivity contribution < 1.29 is 14.3 Å². The van der Waals surface area contributed by atoms with Gasteiger partial charge in [-0.2, -0.15) is 26.1 Å². The van der Waals surface area contributed by atoms with Crippen molar-refractivity contribution in [2.24, 2.45) is 5.92 Å². The molecule has 34 heavy (non-hydrogen) atoms. The highest BCUT2D eigenvalue weighted by molar-refractivity contribution is 7.08. The molecule has 1 aliphatic carbocycles. The first-order chi connectivity index (χ1) is 16.5. The minimum Gasteiger partial charge on any atom is -0.478 e. The largest absolute Gasteiger partial charge is 0.478 e. The summed E-state index contributed by atoms with van der Waals surface area (Å²) < 4.78 is 14.4. The molecule has 0 spiro atoms. The van der Waals surface area contributed by atoms with Gasteiger partial charge in [0.15, 0.2) is 0 Å². The maximum absolute atomic E-state index is 14.4. The third-order valence-corrected chi connectivity index (χ3v) is 7.01. The van der Waals surface area contributed by atoms with Crippen LogP contribution >= 0.6 is 11.3 Å². The number of carboxylic acid groups (broad SMARTS) is 1. The fourth-order valence-corrected chi connectivity index (χ4v) is 5.16. The van der Waals surface area contributed by atoms with Gasteiger partial charge in [0.05, 0.1) is 16.5 Å². The van der Waals surface area contributed by atoms with Crippen molar-refractivity contribution in [2.75, 3.05) is 0 Å². The number of thiophene rings is 1. The number of nitriles is 1. The lowest BCUT2D eigenvalue weighted by Crippen LogP contribution is -2.15. The van der Waals surface area contributed by atoms with Gasteiger partial charge >= 0.3 is 5.97 Å². The lowest BCUT2D eigenvalue weighted by molar-refractivity contribution is -0.131. The quantitative estimate of drug-likeness (QED) is 0.316. The van der Waals surface area contributed by atoms with Gasteiger partial charge in [-0.25, -0.2) is 4.79 Å². The molecule has 1 aliphatic rings. The van der Waals surface area contributed by atoms with E-state index >= 15 is 0 Å². The van der Waals surface area contributed by atoms with Gasteiger partial charge in [-0.05, 0) is 70.2 Å². The number of rotatable bonds is 6. The Kier molecular flexibility index (Phi) is 5.83. The van der Waals surface area contributed by atoms with Gasteiger partial charge in [0.2, 0.25) is 5.95 Å². The Morgan fingerprint density at radius 2 is 1.94 bits per heavy atom. The summed E-state index contributed by atoms with van der Waals surface area (Å²) in [5.74, 6) is -1.19. The van der Waals surface area contributed by atoms with Gasteiger partial charge in [-0.1, -0.05) is 36.8 Å². The van der Waals surface area contributed by atoms with Gasteiger partial charge in [0, 0.05) is 17.0 Å². The van der Waals surface area contributed by atoms with Crippen LogP contribution in [-0.2, 0) is 4.79 Å². The van der Waals surface area contributed by atoms with Crippen LogP contribution in [0.5, 0.6) is 0 Å². The first-order valence-electron chi connectivity index (χ1n) is 10.9. The third kappa shape index (κ3) is 4.04. The second-order valence-corrected chi connectivity index (χ2v) is 9.03. The molecule has 0 atom stereocenters. The molecule has 168 valence electrons. The summed E-state index contributed by atoms with van der Waals surface area (Å²) in [6.07, 6.45) is 5.83. The SMILES string of the molecule is N#Cc1cscc1/C(=C(\c1ccc(/C=C/C(=O)O)cc1)c1ccc2n[nH]c(F)c2c1)C1CCC1. The molecule has 2 heterocycles. The number of carbonyl (C=O) groups is 1. The van der Waals surface area contributed by atoms with E-state index < -0.39 is 11.9 Å². The van der Waals surface area contributed by atoms with Gasteiger partial charge in [-0.15, -0.1) is 0 Å². The van der Waals surface area contributed by atoms with E-state index in [-0.39, 0.29) is 0 Å². The zero-order chi connectivity index (χ0) is 23.7. The molecule has 0 saturated heterocycles.